The van der Waals surface area contributed by atoms with Crippen LogP contribution in [-0.4, -0.2) is 21.2 Å². The zero-order chi connectivity index (χ0) is 23.0. The second-order valence-corrected chi connectivity index (χ2v) is 9.15. The number of rotatable bonds is 5. The quantitative estimate of drug-likeness (QED) is 0.317. The van der Waals surface area contributed by atoms with E-state index in [0.29, 0.717) is 15.4 Å². The molecular formula is C23H19F2N3O2S2. The molecule has 4 rings (SSSR count). The maximum atomic E-state index is 13.7. The first-order chi connectivity index (χ1) is 15.2. The molecule has 0 unspecified atom stereocenters. The molecule has 32 heavy (non-hydrogen) atoms. The zero-order valence-corrected chi connectivity index (χ0v) is 19.2. The molecule has 0 atom stereocenters. The van der Waals surface area contributed by atoms with Crippen LogP contribution < -0.4 is 10.9 Å². The number of amides is 1. The van der Waals surface area contributed by atoms with E-state index in [1.54, 1.807) is 7.05 Å². The Morgan fingerprint density at radius 3 is 2.69 bits per heavy atom. The second kappa shape index (κ2) is 8.84. The van der Waals surface area contributed by atoms with Crippen molar-refractivity contribution in [3.8, 4) is 11.1 Å². The molecule has 0 fully saturated rings. The van der Waals surface area contributed by atoms with Gasteiger partial charge in [0.2, 0.25) is 5.91 Å². The molecule has 0 bridgehead atoms. The normalized spacial score (nSPS) is 11.2. The van der Waals surface area contributed by atoms with Crippen molar-refractivity contribution >= 4 is 44.9 Å². The lowest BCUT2D eigenvalue weighted by molar-refractivity contribution is -0.113. The minimum atomic E-state index is -0.728. The van der Waals surface area contributed by atoms with E-state index in [2.05, 4.69) is 16.4 Å². The first-order valence-corrected chi connectivity index (χ1v) is 11.5. The summed E-state index contributed by atoms with van der Waals surface area (Å²) >= 11 is 2.42. The van der Waals surface area contributed by atoms with Crippen molar-refractivity contribution < 1.29 is 13.6 Å². The van der Waals surface area contributed by atoms with E-state index in [9.17, 15) is 18.4 Å². The monoisotopic (exact) mass is 471 g/mol. The van der Waals surface area contributed by atoms with E-state index in [0.717, 1.165) is 46.7 Å². The van der Waals surface area contributed by atoms with Gasteiger partial charge in [0.1, 0.15) is 16.5 Å². The van der Waals surface area contributed by atoms with Crippen molar-refractivity contribution in [2.24, 2.45) is 7.05 Å². The minimum Gasteiger partial charge on any atom is -0.323 e. The van der Waals surface area contributed by atoms with Crippen LogP contribution in [0, 0.1) is 25.5 Å². The molecule has 2 aromatic heterocycles. The van der Waals surface area contributed by atoms with Crippen LogP contribution in [0.3, 0.4) is 0 Å². The van der Waals surface area contributed by atoms with Gasteiger partial charge in [-0.3, -0.25) is 14.2 Å². The third-order valence-corrected chi connectivity index (χ3v) is 7.03. The molecule has 4 aromatic rings. The summed E-state index contributed by atoms with van der Waals surface area (Å²) in [6.45, 7) is 4.06. The first kappa shape index (κ1) is 22.2. The van der Waals surface area contributed by atoms with Gasteiger partial charge in [-0.2, -0.15) is 0 Å². The molecule has 2 heterocycles. The van der Waals surface area contributed by atoms with Gasteiger partial charge in [0.05, 0.1) is 16.8 Å². The highest BCUT2D eigenvalue weighted by molar-refractivity contribution is 7.99. The van der Waals surface area contributed by atoms with E-state index in [4.69, 9.17) is 0 Å². The number of carbonyl (C=O) groups excluding carboxylic acids is 1. The number of halogens is 2. The molecule has 0 aliphatic carbocycles. The summed E-state index contributed by atoms with van der Waals surface area (Å²) in [6.07, 6.45) is 0. The number of benzene rings is 2. The van der Waals surface area contributed by atoms with Gasteiger partial charge >= 0.3 is 0 Å². The fourth-order valence-corrected chi connectivity index (χ4v) is 4.97. The molecule has 0 saturated heterocycles. The van der Waals surface area contributed by atoms with Crippen LogP contribution >= 0.6 is 23.1 Å². The molecule has 9 heteroatoms. The molecular weight excluding hydrogens is 452 g/mol. The van der Waals surface area contributed by atoms with E-state index >= 15 is 0 Å². The number of hydrogen-bond donors (Lipinski definition) is 1. The third-order valence-electron chi connectivity index (χ3n) is 5.13. The highest BCUT2D eigenvalue weighted by Gasteiger charge is 2.17. The van der Waals surface area contributed by atoms with Gasteiger partial charge in [0.15, 0.2) is 5.16 Å². The van der Waals surface area contributed by atoms with Gasteiger partial charge in [-0.15, -0.1) is 11.3 Å². The first-order valence-electron chi connectivity index (χ1n) is 9.68. The molecule has 0 radical (unpaired) electrons. The highest BCUT2D eigenvalue weighted by atomic mass is 32.2. The van der Waals surface area contributed by atoms with Crippen LogP contribution in [0.25, 0.3) is 21.3 Å². The van der Waals surface area contributed by atoms with Gasteiger partial charge in [0, 0.05) is 24.1 Å². The summed E-state index contributed by atoms with van der Waals surface area (Å²) in [6, 6.07) is 8.90. The number of thioether (sulfide) groups is 1. The molecule has 1 N–H and O–H groups in total. The topological polar surface area (TPSA) is 64.0 Å². The maximum Gasteiger partial charge on any atom is 0.263 e. The molecule has 1 amide bonds. The molecule has 2 aromatic carbocycles. The number of carbonyl (C=O) groups is 1. The number of fused-ring (bicyclic) bond motifs is 1. The fraction of sp³-hybridized carbons (Fsp3) is 0.174. The van der Waals surface area contributed by atoms with Crippen LogP contribution in [0.5, 0.6) is 0 Å². The highest BCUT2D eigenvalue weighted by Crippen LogP contribution is 2.33. The molecule has 0 spiro atoms. The Kier molecular flexibility index (Phi) is 6.12. The SMILES string of the molecule is Cc1ccc(-c2csc3nc(SCC(=O)Nc4cc(F)ccc4F)n(C)c(=O)c23)cc1C. The van der Waals surface area contributed by atoms with Gasteiger partial charge < -0.3 is 5.32 Å². The van der Waals surface area contributed by atoms with Gasteiger partial charge in [-0.25, -0.2) is 13.8 Å². The van der Waals surface area contributed by atoms with Crippen LogP contribution in [0.1, 0.15) is 11.1 Å². The molecule has 5 nitrogen and oxygen atoms in total. The lowest BCUT2D eigenvalue weighted by atomic mass is 10.0. The molecule has 164 valence electrons. The summed E-state index contributed by atoms with van der Waals surface area (Å²) in [4.78, 5) is 30.5. The van der Waals surface area contributed by atoms with Crippen molar-refractivity contribution in [2.45, 2.75) is 19.0 Å². The van der Waals surface area contributed by atoms with Gasteiger partial charge in [0.25, 0.3) is 5.56 Å². The van der Waals surface area contributed by atoms with Crippen LogP contribution in [0.4, 0.5) is 14.5 Å². The third kappa shape index (κ3) is 4.31. The fourth-order valence-electron chi connectivity index (χ4n) is 3.21. The van der Waals surface area contributed by atoms with Crippen molar-refractivity contribution in [3.05, 3.63) is 74.9 Å². The minimum absolute atomic E-state index is 0.114. The van der Waals surface area contributed by atoms with Gasteiger partial charge in [-0.05, 0) is 42.7 Å². The predicted octanol–water partition coefficient (Wildman–Crippen LogP) is 5.29. The van der Waals surface area contributed by atoms with Crippen molar-refractivity contribution in [2.75, 3.05) is 11.1 Å². The van der Waals surface area contributed by atoms with Crippen LogP contribution in [0.2, 0.25) is 0 Å². The Balaban J connectivity index is 1.59. The Labute approximate surface area is 191 Å². The average Bonchev–Trinajstić information content (AvgIpc) is 3.18. The average molecular weight is 472 g/mol. The maximum absolute atomic E-state index is 13.7. The van der Waals surface area contributed by atoms with E-state index < -0.39 is 17.5 Å². The van der Waals surface area contributed by atoms with E-state index in [-0.39, 0.29) is 17.0 Å². The predicted molar refractivity (Wildman–Crippen MR) is 125 cm³/mol. The summed E-state index contributed by atoms with van der Waals surface area (Å²) in [5.74, 6) is -2.02. The number of aromatic nitrogens is 2. The number of anilines is 1. The van der Waals surface area contributed by atoms with E-state index in [1.165, 1.54) is 21.5 Å². The standard InChI is InChI=1S/C23H19F2N3O2S2/c1-12-4-5-14(8-13(12)2)16-10-31-21-20(16)22(30)28(3)23(27-21)32-11-19(29)26-18-9-15(24)6-7-17(18)25/h4-10H,11H2,1-3H3,(H,26,29). The molecule has 0 aliphatic heterocycles. The zero-order valence-electron chi connectivity index (χ0n) is 17.5. The van der Waals surface area contributed by atoms with Crippen molar-refractivity contribution in [3.63, 3.8) is 0 Å². The summed E-state index contributed by atoms with van der Waals surface area (Å²) < 4.78 is 28.4. The Hall–Kier alpha value is -3.04. The Morgan fingerprint density at radius 2 is 1.94 bits per heavy atom. The van der Waals surface area contributed by atoms with Crippen molar-refractivity contribution in [1.29, 1.82) is 0 Å². The van der Waals surface area contributed by atoms with Gasteiger partial charge in [-0.1, -0.05) is 30.0 Å². The Morgan fingerprint density at radius 1 is 1.16 bits per heavy atom. The second-order valence-electron chi connectivity index (χ2n) is 7.35. The number of nitrogens with zero attached hydrogens (tertiary/aromatic N) is 2. The number of aryl methyl sites for hydroxylation is 2. The Bertz CT molecular complexity index is 1410. The smallest absolute Gasteiger partial charge is 0.263 e. The van der Waals surface area contributed by atoms with Crippen molar-refractivity contribution in [1.82, 2.24) is 9.55 Å². The largest absolute Gasteiger partial charge is 0.323 e. The molecule has 0 aliphatic rings. The number of hydrogen-bond acceptors (Lipinski definition) is 5. The van der Waals surface area contributed by atoms with E-state index in [1.807, 2.05) is 31.4 Å². The summed E-state index contributed by atoms with van der Waals surface area (Å²) in [7, 11) is 1.60. The summed E-state index contributed by atoms with van der Waals surface area (Å²) in [5.41, 5.74) is 3.66. The molecule has 0 saturated carbocycles. The lowest BCUT2D eigenvalue weighted by Crippen LogP contribution is -2.21. The lowest BCUT2D eigenvalue weighted by Gasteiger charge is -2.09. The number of nitrogens with one attached hydrogen (secondary N) is 1. The number of thiophene rings is 1. The summed E-state index contributed by atoms with van der Waals surface area (Å²) in [5, 5.41) is 5.16. The van der Waals surface area contributed by atoms with Crippen LogP contribution in [-0.2, 0) is 11.8 Å². The van der Waals surface area contributed by atoms with Crippen LogP contribution in [0.15, 0.2) is 51.7 Å².